The number of unbranched alkanes of at least 4 members (excludes halogenated alkanes) is 2. The van der Waals surface area contributed by atoms with E-state index in [1.54, 1.807) is 6.08 Å². The summed E-state index contributed by atoms with van der Waals surface area (Å²) in [7, 11) is 0. The van der Waals surface area contributed by atoms with Gasteiger partial charge in [0.15, 0.2) is 0 Å². The van der Waals surface area contributed by atoms with Gasteiger partial charge >= 0.3 is 5.97 Å². The van der Waals surface area contributed by atoms with Crippen molar-refractivity contribution >= 4 is 5.97 Å². The molecule has 0 aliphatic rings. The lowest BCUT2D eigenvalue weighted by Gasteiger charge is -1.86. The highest BCUT2D eigenvalue weighted by Gasteiger charge is 1.91. The van der Waals surface area contributed by atoms with Crippen LogP contribution in [0.1, 0.15) is 32.6 Å². The molecule has 57 valence electrons. The molecule has 0 heterocycles. The summed E-state index contributed by atoms with van der Waals surface area (Å²) in [6, 6.07) is 0. The van der Waals surface area contributed by atoms with Gasteiger partial charge in [-0.2, -0.15) is 0 Å². The minimum Gasteiger partial charge on any atom is -0.247 e. The normalized spacial score (nSPS) is 10.5. The summed E-state index contributed by atoms with van der Waals surface area (Å²) < 4.78 is 0. The summed E-state index contributed by atoms with van der Waals surface area (Å²) in [5.74, 6) is -1.01. The molecule has 0 aliphatic heterocycles. The Morgan fingerprint density at radius 3 is 2.60 bits per heavy atom. The zero-order chi connectivity index (χ0) is 7.82. The van der Waals surface area contributed by atoms with E-state index in [1.807, 2.05) is 6.08 Å². The van der Waals surface area contributed by atoms with Gasteiger partial charge in [-0.25, -0.2) is 9.90 Å². The second-order valence-electron chi connectivity index (χ2n) is 2.19. The van der Waals surface area contributed by atoms with Gasteiger partial charge in [-0.1, -0.05) is 31.9 Å². The SMILES string of the molecule is CCCC/C=C\CC([O])=O. The molecule has 0 saturated carbocycles. The highest BCUT2D eigenvalue weighted by molar-refractivity contribution is 5.68. The molecule has 0 bridgehead atoms. The van der Waals surface area contributed by atoms with Crippen LogP contribution in [0.3, 0.4) is 0 Å². The summed E-state index contributed by atoms with van der Waals surface area (Å²) in [4.78, 5) is 9.87. The third-order valence-corrected chi connectivity index (χ3v) is 1.18. The fourth-order valence-electron chi connectivity index (χ4n) is 0.619. The minimum atomic E-state index is -1.01. The van der Waals surface area contributed by atoms with Crippen molar-refractivity contribution < 1.29 is 9.90 Å². The number of allylic oxidation sites excluding steroid dienone is 1. The fourth-order valence-corrected chi connectivity index (χ4v) is 0.619. The van der Waals surface area contributed by atoms with Crippen molar-refractivity contribution in [3.8, 4) is 0 Å². The second-order valence-corrected chi connectivity index (χ2v) is 2.19. The van der Waals surface area contributed by atoms with Crippen molar-refractivity contribution in [3.05, 3.63) is 12.2 Å². The lowest BCUT2D eigenvalue weighted by molar-refractivity contribution is -0.142. The summed E-state index contributed by atoms with van der Waals surface area (Å²) in [6.07, 6.45) is 6.83. The molecule has 0 fully saturated rings. The Kier molecular flexibility index (Phi) is 5.83. The Balaban J connectivity index is 3.12. The molecule has 0 N–H and O–H groups in total. The Hall–Kier alpha value is -0.790. The number of hydrogen-bond donors (Lipinski definition) is 0. The third-order valence-electron chi connectivity index (χ3n) is 1.18. The molecule has 0 atom stereocenters. The third kappa shape index (κ3) is 7.21. The number of carbonyl (C=O) groups is 1. The van der Waals surface area contributed by atoms with Crippen LogP contribution in [0.15, 0.2) is 12.2 Å². The molecule has 1 radical (unpaired) electrons. The molecular formula is C8H13O2. The zero-order valence-electron chi connectivity index (χ0n) is 6.30. The van der Waals surface area contributed by atoms with E-state index in [9.17, 15) is 9.90 Å². The molecule has 0 unspecified atom stereocenters. The van der Waals surface area contributed by atoms with Crippen LogP contribution < -0.4 is 0 Å². The van der Waals surface area contributed by atoms with Crippen LogP contribution in [-0.2, 0) is 9.90 Å². The van der Waals surface area contributed by atoms with E-state index < -0.39 is 5.97 Å². The van der Waals surface area contributed by atoms with Gasteiger partial charge in [0.1, 0.15) is 0 Å². The van der Waals surface area contributed by atoms with Gasteiger partial charge in [-0.05, 0) is 6.42 Å². The number of carbonyl (C=O) groups excluding carboxylic acids is 1. The fraction of sp³-hybridized carbons (Fsp3) is 0.625. The zero-order valence-corrected chi connectivity index (χ0v) is 6.30. The molecule has 0 saturated heterocycles. The van der Waals surface area contributed by atoms with Crippen molar-refractivity contribution in [1.29, 1.82) is 0 Å². The van der Waals surface area contributed by atoms with Gasteiger partial charge in [0.25, 0.3) is 0 Å². The molecule has 0 aliphatic carbocycles. The average Bonchev–Trinajstić information content (AvgIpc) is 1.87. The topological polar surface area (TPSA) is 37.0 Å². The van der Waals surface area contributed by atoms with Gasteiger partial charge in [0.05, 0.1) is 6.42 Å². The maximum Gasteiger partial charge on any atom is 0.359 e. The quantitative estimate of drug-likeness (QED) is 0.426. The van der Waals surface area contributed by atoms with E-state index in [0.717, 1.165) is 19.3 Å². The van der Waals surface area contributed by atoms with Gasteiger partial charge in [-0.3, -0.25) is 0 Å². The van der Waals surface area contributed by atoms with Crippen molar-refractivity contribution in [1.82, 2.24) is 0 Å². The second kappa shape index (κ2) is 6.33. The largest absolute Gasteiger partial charge is 0.359 e. The summed E-state index contributed by atoms with van der Waals surface area (Å²) in [6.45, 7) is 2.10. The van der Waals surface area contributed by atoms with Crippen LogP contribution in [0, 0.1) is 0 Å². The van der Waals surface area contributed by atoms with Crippen molar-refractivity contribution in [2.24, 2.45) is 0 Å². The highest BCUT2D eigenvalue weighted by Crippen LogP contribution is 1.95. The number of rotatable bonds is 5. The Morgan fingerprint density at radius 2 is 2.10 bits per heavy atom. The molecule has 2 heteroatoms. The van der Waals surface area contributed by atoms with Crippen LogP contribution in [0.2, 0.25) is 0 Å². The van der Waals surface area contributed by atoms with E-state index in [0.29, 0.717) is 0 Å². The molecule has 0 amide bonds. The molecule has 0 aromatic carbocycles. The molecule has 10 heavy (non-hydrogen) atoms. The average molecular weight is 141 g/mol. The first kappa shape index (κ1) is 9.21. The predicted molar refractivity (Wildman–Crippen MR) is 39.0 cm³/mol. The first-order valence-electron chi connectivity index (χ1n) is 3.62. The smallest absolute Gasteiger partial charge is 0.247 e. The lowest BCUT2D eigenvalue weighted by atomic mass is 10.2. The maximum atomic E-state index is 9.87. The van der Waals surface area contributed by atoms with Gasteiger partial charge in [0, 0.05) is 0 Å². The van der Waals surface area contributed by atoms with Crippen molar-refractivity contribution in [2.75, 3.05) is 0 Å². The Labute approximate surface area is 61.6 Å². The first-order valence-corrected chi connectivity index (χ1v) is 3.62. The van der Waals surface area contributed by atoms with Gasteiger partial charge in [-0.15, -0.1) is 0 Å². The van der Waals surface area contributed by atoms with Crippen LogP contribution >= 0.6 is 0 Å². The predicted octanol–water partition coefficient (Wildman–Crippen LogP) is 2.08. The summed E-state index contributed by atoms with van der Waals surface area (Å²) >= 11 is 0. The molecule has 0 rings (SSSR count). The van der Waals surface area contributed by atoms with Crippen LogP contribution in [0.5, 0.6) is 0 Å². The Bertz CT molecular complexity index is 116. The van der Waals surface area contributed by atoms with E-state index in [1.165, 1.54) is 0 Å². The van der Waals surface area contributed by atoms with Gasteiger partial charge < -0.3 is 0 Å². The minimum absolute atomic E-state index is 0.0454. The van der Waals surface area contributed by atoms with E-state index in [4.69, 9.17) is 0 Å². The van der Waals surface area contributed by atoms with Crippen LogP contribution in [-0.4, -0.2) is 5.97 Å². The molecular weight excluding hydrogens is 128 g/mol. The summed E-state index contributed by atoms with van der Waals surface area (Å²) in [5, 5.41) is 9.87. The maximum absolute atomic E-state index is 9.87. The van der Waals surface area contributed by atoms with E-state index in [2.05, 4.69) is 6.92 Å². The van der Waals surface area contributed by atoms with Crippen molar-refractivity contribution in [3.63, 3.8) is 0 Å². The Morgan fingerprint density at radius 1 is 1.40 bits per heavy atom. The molecule has 0 aromatic heterocycles. The lowest BCUT2D eigenvalue weighted by Crippen LogP contribution is -1.86. The molecule has 0 spiro atoms. The van der Waals surface area contributed by atoms with E-state index >= 15 is 0 Å². The van der Waals surface area contributed by atoms with Crippen LogP contribution in [0.25, 0.3) is 0 Å². The number of hydrogen-bond acceptors (Lipinski definition) is 1. The monoisotopic (exact) mass is 141 g/mol. The molecule has 0 aromatic rings. The van der Waals surface area contributed by atoms with Crippen LogP contribution in [0.4, 0.5) is 0 Å². The van der Waals surface area contributed by atoms with Crippen molar-refractivity contribution in [2.45, 2.75) is 32.6 Å². The summed E-state index contributed by atoms with van der Waals surface area (Å²) in [5.41, 5.74) is 0. The standard InChI is InChI=1S/C8H13O2/c1-2-3-4-5-6-7-8(9)10/h5-6H,2-4,7H2,1H3/b6-5-. The highest BCUT2D eigenvalue weighted by atomic mass is 16.4. The molecule has 2 nitrogen and oxygen atoms in total. The van der Waals surface area contributed by atoms with Gasteiger partial charge in [0.2, 0.25) is 0 Å². The van der Waals surface area contributed by atoms with E-state index in [-0.39, 0.29) is 6.42 Å². The first-order chi connectivity index (χ1) is 4.77.